The number of benzene rings is 2. The molecule has 0 unspecified atom stereocenters. The topological polar surface area (TPSA) is 29.1 Å². The SMILES string of the molecule is Cc1ccc(S[C@@H](C)C(=O)NCCCc2ccc(C(C)C)cc2)cc1. The number of carbonyl (C=O) groups is 1. The lowest BCUT2D eigenvalue weighted by atomic mass is 10.0. The highest BCUT2D eigenvalue weighted by Crippen LogP contribution is 2.23. The molecule has 0 spiro atoms. The number of hydrogen-bond donors (Lipinski definition) is 1. The number of amides is 1. The van der Waals surface area contributed by atoms with Gasteiger partial charge in [0.05, 0.1) is 5.25 Å². The molecule has 2 rings (SSSR count). The van der Waals surface area contributed by atoms with Crippen molar-refractivity contribution >= 4 is 17.7 Å². The third-order valence-corrected chi connectivity index (χ3v) is 5.40. The van der Waals surface area contributed by atoms with Gasteiger partial charge in [0.1, 0.15) is 0 Å². The van der Waals surface area contributed by atoms with E-state index in [0.717, 1.165) is 24.3 Å². The number of carbonyl (C=O) groups excluding carboxylic acids is 1. The highest BCUT2D eigenvalue weighted by Gasteiger charge is 2.13. The highest BCUT2D eigenvalue weighted by molar-refractivity contribution is 8.00. The number of rotatable bonds is 8. The Kier molecular flexibility index (Phi) is 7.57. The van der Waals surface area contributed by atoms with Crippen LogP contribution >= 0.6 is 11.8 Å². The molecule has 1 atom stereocenters. The molecule has 0 saturated heterocycles. The molecule has 0 aliphatic heterocycles. The van der Waals surface area contributed by atoms with Crippen molar-refractivity contribution in [2.24, 2.45) is 0 Å². The second-order valence-corrected chi connectivity index (χ2v) is 8.28. The van der Waals surface area contributed by atoms with Crippen LogP contribution in [-0.2, 0) is 11.2 Å². The van der Waals surface area contributed by atoms with E-state index in [4.69, 9.17) is 0 Å². The van der Waals surface area contributed by atoms with Gasteiger partial charge in [-0.05, 0) is 55.9 Å². The first kappa shape index (κ1) is 19.6. The third-order valence-electron chi connectivity index (χ3n) is 4.29. The molecule has 25 heavy (non-hydrogen) atoms. The number of aryl methyl sites for hydroxylation is 2. The maximum absolute atomic E-state index is 12.2. The van der Waals surface area contributed by atoms with Crippen LogP contribution in [-0.4, -0.2) is 17.7 Å². The predicted octanol–water partition coefficient (Wildman–Crippen LogP) is 5.35. The molecule has 0 bridgehead atoms. The molecule has 0 aromatic heterocycles. The Balaban J connectivity index is 1.69. The Bertz CT molecular complexity index is 661. The van der Waals surface area contributed by atoms with Gasteiger partial charge in [-0.15, -0.1) is 11.8 Å². The fraction of sp³-hybridized carbons (Fsp3) is 0.409. The Morgan fingerprint density at radius 2 is 1.64 bits per heavy atom. The lowest BCUT2D eigenvalue weighted by Crippen LogP contribution is -2.31. The van der Waals surface area contributed by atoms with Crippen LogP contribution in [0.3, 0.4) is 0 Å². The normalized spacial score (nSPS) is 12.2. The van der Waals surface area contributed by atoms with Gasteiger partial charge in [0.2, 0.25) is 5.91 Å². The van der Waals surface area contributed by atoms with E-state index in [2.05, 4.69) is 74.6 Å². The molecule has 2 aromatic carbocycles. The van der Waals surface area contributed by atoms with Crippen molar-refractivity contribution in [3.8, 4) is 0 Å². The molecule has 0 saturated carbocycles. The zero-order chi connectivity index (χ0) is 18.2. The van der Waals surface area contributed by atoms with Crippen LogP contribution in [0, 0.1) is 6.92 Å². The second kappa shape index (κ2) is 9.67. The van der Waals surface area contributed by atoms with Crippen LogP contribution in [0.15, 0.2) is 53.4 Å². The van der Waals surface area contributed by atoms with Crippen LogP contribution < -0.4 is 5.32 Å². The van der Waals surface area contributed by atoms with E-state index in [1.807, 2.05) is 6.92 Å². The first-order valence-corrected chi connectivity index (χ1v) is 9.93. The molecule has 1 amide bonds. The van der Waals surface area contributed by atoms with Crippen LogP contribution in [0.25, 0.3) is 0 Å². The van der Waals surface area contributed by atoms with E-state index < -0.39 is 0 Å². The Labute approximate surface area is 156 Å². The number of thioether (sulfide) groups is 1. The van der Waals surface area contributed by atoms with E-state index in [1.54, 1.807) is 11.8 Å². The van der Waals surface area contributed by atoms with E-state index in [-0.39, 0.29) is 11.2 Å². The average Bonchev–Trinajstić information content (AvgIpc) is 2.60. The molecule has 0 fully saturated rings. The summed E-state index contributed by atoms with van der Waals surface area (Å²) in [5.74, 6) is 0.682. The Morgan fingerprint density at radius 1 is 1.00 bits per heavy atom. The monoisotopic (exact) mass is 355 g/mol. The van der Waals surface area contributed by atoms with Crippen molar-refractivity contribution in [1.82, 2.24) is 5.32 Å². The van der Waals surface area contributed by atoms with Crippen LogP contribution in [0.5, 0.6) is 0 Å². The fourth-order valence-electron chi connectivity index (χ4n) is 2.59. The maximum Gasteiger partial charge on any atom is 0.233 e. The quantitative estimate of drug-likeness (QED) is 0.511. The summed E-state index contributed by atoms with van der Waals surface area (Å²) in [4.78, 5) is 13.4. The van der Waals surface area contributed by atoms with E-state index >= 15 is 0 Å². The first-order valence-electron chi connectivity index (χ1n) is 9.05. The zero-order valence-corrected chi connectivity index (χ0v) is 16.5. The average molecular weight is 356 g/mol. The lowest BCUT2D eigenvalue weighted by molar-refractivity contribution is -0.120. The summed E-state index contributed by atoms with van der Waals surface area (Å²) in [5, 5.41) is 2.98. The molecule has 0 radical (unpaired) electrons. The van der Waals surface area contributed by atoms with Crippen molar-refractivity contribution in [2.75, 3.05) is 6.54 Å². The van der Waals surface area contributed by atoms with E-state index in [1.165, 1.54) is 16.7 Å². The molecular weight excluding hydrogens is 326 g/mol. The maximum atomic E-state index is 12.2. The fourth-order valence-corrected chi connectivity index (χ4v) is 3.48. The number of hydrogen-bond acceptors (Lipinski definition) is 2. The van der Waals surface area contributed by atoms with Gasteiger partial charge in [-0.2, -0.15) is 0 Å². The summed E-state index contributed by atoms with van der Waals surface area (Å²) in [5.41, 5.74) is 3.95. The molecule has 2 nitrogen and oxygen atoms in total. The molecule has 134 valence electrons. The summed E-state index contributed by atoms with van der Waals surface area (Å²) in [7, 11) is 0. The standard InChI is InChI=1S/C22H29NOS/c1-16(2)20-11-9-19(10-12-20)6-5-15-23-22(24)18(4)25-21-13-7-17(3)8-14-21/h7-14,16,18H,5-6,15H2,1-4H3,(H,23,24)/t18-/m0/s1. The first-order chi connectivity index (χ1) is 12.0. The molecule has 0 aliphatic rings. The highest BCUT2D eigenvalue weighted by atomic mass is 32.2. The van der Waals surface area contributed by atoms with E-state index in [0.29, 0.717) is 5.92 Å². The third kappa shape index (κ3) is 6.58. The lowest BCUT2D eigenvalue weighted by Gasteiger charge is -2.12. The van der Waals surface area contributed by atoms with E-state index in [9.17, 15) is 4.79 Å². The summed E-state index contributed by atoms with van der Waals surface area (Å²) in [6.07, 6.45) is 1.97. The smallest absolute Gasteiger partial charge is 0.233 e. The van der Waals surface area contributed by atoms with Crippen LogP contribution in [0.4, 0.5) is 0 Å². The molecule has 0 aliphatic carbocycles. The summed E-state index contributed by atoms with van der Waals surface area (Å²) >= 11 is 1.61. The molecule has 2 aromatic rings. The van der Waals surface area contributed by atoms with Crippen molar-refractivity contribution in [1.29, 1.82) is 0 Å². The number of nitrogens with one attached hydrogen (secondary N) is 1. The predicted molar refractivity (Wildman–Crippen MR) is 108 cm³/mol. The largest absolute Gasteiger partial charge is 0.355 e. The van der Waals surface area contributed by atoms with Gasteiger partial charge >= 0.3 is 0 Å². The van der Waals surface area contributed by atoms with Gasteiger partial charge in [-0.3, -0.25) is 4.79 Å². The van der Waals surface area contributed by atoms with Gasteiger partial charge in [0.15, 0.2) is 0 Å². The minimum atomic E-state index is -0.0759. The Hall–Kier alpha value is -1.74. The second-order valence-electron chi connectivity index (χ2n) is 6.86. The van der Waals surface area contributed by atoms with Gasteiger partial charge in [0.25, 0.3) is 0 Å². The Morgan fingerprint density at radius 3 is 2.24 bits per heavy atom. The molecule has 3 heteroatoms. The van der Waals surface area contributed by atoms with Crippen LogP contribution in [0.2, 0.25) is 0 Å². The molecule has 0 heterocycles. The van der Waals surface area contributed by atoms with Crippen molar-refractivity contribution in [3.05, 3.63) is 65.2 Å². The molecule has 1 N–H and O–H groups in total. The zero-order valence-electron chi connectivity index (χ0n) is 15.7. The van der Waals surface area contributed by atoms with Gasteiger partial charge in [-0.25, -0.2) is 0 Å². The van der Waals surface area contributed by atoms with Crippen LogP contribution in [0.1, 0.15) is 49.8 Å². The van der Waals surface area contributed by atoms with Crippen molar-refractivity contribution < 1.29 is 4.79 Å². The minimum Gasteiger partial charge on any atom is -0.355 e. The van der Waals surface area contributed by atoms with Gasteiger partial charge < -0.3 is 5.32 Å². The van der Waals surface area contributed by atoms with Crippen molar-refractivity contribution in [2.45, 2.75) is 56.6 Å². The van der Waals surface area contributed by atoms with Crippen molar-refractivity contribution in [3.63, 3.8) is 0 Å². The summed E-state index contributed by atoms with van der Waals surface area (Å²) in [6.45, 7) is 9.18. The van der Waals surface area contributed by atoms with Gasteiger partial charge in [0, 0.05) is 11.4 Å². The molecular formula is C22H29NOS. The summed E-state index contributed by atoms with van der Waals surface area (Å²) < 4.78 is 0. The summed E-state index contributed by atoms with van der Waals surface area (Å²) in [6, 6.07) is 17.1. The van der Waals surface area contributed by atoms with Gasteiger partial charge in [-0.1, -0.05) is 55.8 Å². The minimum absolute atomic E-state index is 0.0759.